The number of benzene rings is 3. The van der Waals surface area contributed by atoms with E-state index in [1.807, 2.05) is 36.4 Å². The SMILES string of the molecule is Cn1nccc1C(=O)Nc1ccc(Nc2ccc(Nc3ccc(N4CCC(O)CC4)cc3)cc2)c(F)c1. The Bertz CT molecular complexity index is 1360. The minimum absolute atomic E-state index is 0.184. The van der Waals surface area contributed by atoms with Gasteiger partial charge in [0.2, 0.25) is 0 Å². The Morgan fingerprint density at radius 1 is 0.892 bits per heavy atom. The van der Waals surface area contributed by atoms with Gasteiger partial charge in [-0.25, -0.2) is 4.39 Å². The van der Waals surface area contributed by atoms with Crippen LogP contribution in [0.5, 0.6) is 0 Å². The molecule has 4 N–H and O–H groups in total. The van der Waals surface area contributed by atoms with Crippen molar-refractivity contribution in [2.75, 3.05) is 33.9 Å². The summed E-state index contributed by atoms with van der Waals surface area (Å²) in [5.74, 6) is -0.836. The van der Waals surface area contributed by atoms with E-state index in [-0.39, 0.29) is 12.0 Å². The van der Waals surface area contributed by atoms with Crippen molar-refractivity contribution >= 4 is 40.0 Å². The van der Waals surface area contributed by atoms with Gasteiger partial charge in [0.25, 0.3) is 5.91 Å². The van der Waals surface area contributed by atoms with Crippen LogP contribution < -0.4 is 20.9 Å². The molecule has 0 aliphatic carbocycles. The third-order valence-electron chi connectivity index (χ3n) is 6.43. The van der Waals surface area contributed by atoms with E-state index in [0.29, 0.717) is 17.1 Å². The highest BCUT2D eigenvalue weighted by Crippen LogP contribution is 2.27. The number of aromatic nitrogens is 2. The smallest absolute Gasteiger partial charge is 0.273 e. The molecule has 1 amide bonds. The molecule has 4 aromatic rings. The summed E-state index contributed by atoms with van der Waals surface area (Å²) in [6.07, 6.45) is 2.95. The summed E-state index contributed by atoms with van der Waals surface area (Å²) in [5.41, 5.74) is 4.82. The number of hydrogen-bond acceptors (Lipinski definition) is 6. The minimum Gasteiger partial charge on any atom is -0.393 e. The second-order valence-electron chi connectivity index (χ2n) is 9.08. The molecule has 9 heteroatoms. The molecule has 0 saturated carbocycles. The van der Waals surface area contributed by atoms with E-state index in [0.717, 1.165) is 48.7 Å². The van der Waals surface area contributed by atoms with E-state index >= 15 is 0 Å². The van der Waals surface area contributed by atoms with Crippen LogP contribution >= 0.6 is 0 Å². The number of nitrogens with one attached hydrogen (secondary N) is 3. The van der Waals surface area contributed by atoms with Gasteiger partial charge in [-0.05, 0) is 85.6 Å². The fraction of sp³-hybridized carbons (Fsp3) is 0.214. The Labute approximate surface area is 214 Å². The van der Waals surface area contributed by atoms with Gasteiger partial charge in [0.1, 0.15) is 11.5 Å². The van der Waals surface area contributed by atoms with Crippen LogP contribution in [0.2, 0.25) is 0 Å². The molecule has 5 rings (SSSR count). The number of aliphatic hydroxyl groups excluding tert-OH is 1. The average Bonchev–Trinajstić information content (AvgIpc) is 3.34. The first-order chi connectivity index (χ1) is 17.9. The summed E-state index contributed by atoms with van der Waals surface area (Å²) < 4.78 is 16.2. The van der Waals surface area contributed by atoms with Gasteiger partial charge in [0.05, 0.1) is 11.8 Å². The van der Waals surface area contributed by atoms with Gasteiger partial charge in [-0.3, -0.25) is 9.48 Å². The first-order valence-corrected chi connectivity index (χ1v) is 12.2. The monoisotopic (exact) mass is 500 g/mol. The highest BCUT2D eigenvalue weighted by atomic mass is 19.1. The van der Waals surface area contributed by atoms with Crippen molar-refractivity contribution in [3.8, 4) is 0 Å². The zero-order valence-corrected chi connectivity index (χ0v) is 20.5. The van der Waals surface area contributed by atoms with E-state index in [4.69, 9.17) is 0 Å². The average molecular weight is 501 g/mol. The minimum atomic E-state index is -0.478. The number of halogens is 1. The van der Waals surface area contributed by atoms with Crippen LogP contribution in [0, 0.1) is 5.82 Å². The summed E-state index contributed by atoms with van der Waals surface area (Å²) in [5, 5.41) is 22.8. The molecule has 0 atom stereocenters. The molecule has 1 aliphatic rings. The number of anilines is 6. The summed E-state index contributed by atoms with van der Waals surface area (Å²) >= 11 is 0. The molecule has 1 fully saturated rings. The quantitative estimate of drug-likeness (QED) is 0.277. The fourth-order valence-electron chi connectivity index (χ4n) is 4.32. The highest BCUT2D eigenvalue weighted by molar-refractivity contribution is 6.03. The van der Waals surface area contributed by atoms with Crippen molar-refractivity contribution in [2.24, 2.45) is 7.05 Å². The Hall–Kier alpha value is -4.37. The van der Waals surface area contributed by atoms with Crippen LogP contribution in [-0.4, -0.2) is 40.0 Å². The highest BCUT2D eigenvalue weighted by Gasteiger charge is 2.17. The third kappa shape index (κ3) is 5.90. The predicted octanol–water partition coefficient (Wildman–Crippen LogP) is 5.26. The van der Waals surface area contributed by atoms with Gasteiger partial charge in [-0.2, -0.15) is 5.10 Å². The maximum atomic E-state index is 14.7. The second kappa shape index (κ2) is 10.7. The molecule has 2 heterocycles. The Morgan fingerprint density at radius 2 is 1.49 bits per heavy atom. The van der Waals surface area contributed by atoms with Gasteiger partial charge in [0, 0.05) is 54.8 Å². The lowest BCUT2D eigenvalue weighted by atomic mass is 10.1. The normalized spacial score (nSPS) is 13.9. The van der Waals surface area contributed by atoms with Gasteiger partial charge in [0.15, 0.2) is 0 Å². The zero-order valence-electron chi connectivity index (χ0n) is 20.5. The Morgan fingerprint density at radius 3 is 2.08 bits per heavy atom. The van der Waals surface area contributed by atoms with Crippen LogP contribution in [0.25, 0.3) is 0 Å². The van der Waals surface area contributed by atoms with Crippen molar-refractivity contribution in [3.05, 3.63) is 90.5 Å². The number of carbonyl (C=O) groups is 1. The Kier molecular flexibility index (Phi) is 7.04. The van der Waals surface area contributed by atoms with E-state index in [2.05, 4.69) is 38.1 Å². The summed E-state index contributed by atoms with van der Waals surface area (Å²) in [6.45, 7) is 1.73. The lowest BCUT2D eigenvalue weighted by molar-refractivity contribution is 0.101. The predicted molar refractivity (Wildman–Crippen MR) is 144 cm³/mol. The molecule has 0 radical (unpaired) electrons. The number of carbonyl (C=O) groups excluding carboxylic acids is 1. The molecule has 37 heavy (non-hydrogen) atoms. The number of rotatable bonds is 7. The van der Waals surface area contributed by atoms with Crippen LogP contribution in [0.4, 0.5) is 38.5 Å². The topological polar surface area (TPSA) is 94.5 Å². The van der Waals surface area contributed by atoms with Gasteiger partial charge in [-0.15, -0.1) is 0 Å². The summed E-state index contributed by atoms with van der Waals surface area (Å²) in [7, 11) is 1.67. The van der Waals surface area contributed by atoms with Gasteiger partial charge >= 0.3 is 0 Å². The van der Waals surface area contributed by atoms with E-state index in [1.165, 1.54) is 16.9 Å². The van der Waals surface area contributed by atoms with Crippen molar-refractivity contribution in [1.82, 2.24) is 9.78 Å². The first kappa shape index (κ1) is 24.3. The van der Waals surface area contributed by atoms with Gasteiger partial charge in [-0.1, -0.05) is 0 Å². The standard InChI is InChI=1S/C28H29FN6O2/c1-34-27(12-15-30-34)28(37)33-22-8-11-26(25(29)18-22)32-21-4-2-19(3-5-21)31-20-6-9-23(10-7-20)35-16-13-24(36)14-17-35/h2-12,15,18,24,31-32,36H,13-14,16-17H2,1H3,(H,33,37). The van der Waals surface area contributed by atoms with E-state index in [1.54, 1.807) is 25.2 Å². The van der Waals surface area contributed by atoms with Crippen LogP contribution in [0.3, 0.4) is 0 Å². The lowest BCUT2D eigenvalue weighted by Gasteiger charge is -2.31. The molecule has 8 nitrogen and oxygen atoms in total. The van der Waals surface area contributed by atoms with Gasteiger partial charge < -0.3 is 26.0 Å². The number of aryl methyl sites for hydroxylation is 1. The maximum Gasteiger partial charge on any atom is 0.273 e. The Balaban J connectivity index is 1.17. The number of amides is 1. The molecule has 0 unspecified atom stereocenters. The van der Waals surface area contributed by atoms with Crippen molar-refractivity contribution in [1.29, 1.82) is 0 Å². The number of piperidine rings is 1. The zero-order chi connectivity index (χ0) is 25.8. The van der Waals surface area contributed by atoms with Crippen molar-refractivity contribution in [2.45, 2.75) is 18.9 Å². The maximum absolute atomic E-state index is 14.7. The van der Waals surface area contributed by atoms with Crippen LogP contribution in [-0.2, 0) is 7.05 Å². The van der Waals surface area contributed by atoms with Crippen molar-refractivity contribution < 1.29 is 14.3 Å². The number of aliphatic hydroxyl groups is 1. The molecule has 1 aromatic heterocycles. The van der Waals surface area contributed by atoms with E-state index in [9.17, 15) is 14.3 Å². The van der Waals surface area contributed by atoms with Crippen LogP contribution in [0.1, 0.15) is 23.3 Å². The van der Waals surface area contributed by atoms with E-state index < -0.39 is 5.82 Å². The molecular weight excluding hydrogens is 471 g/mol. The molecule has 1 aliphatic heterocycles. The molecule has 0 spiro atoms. The molecule has 190 valence electrons. The molecule has 1 saturated heterocycles. The number of nitrogens with zero attached hydrogens (tertiary/aromatic N) is 3. The first-order valence-electron chi connectivity index (χ1n) is 12.2. The summed E-state index contributed by atoms with van der Waals surface area (Å²) in [6, 6.07) is 21.9. The molecular formula is C28H29FN6O2. The number of hydrogen-bond donors (Lipinski definition) is 4. The van der Waals surface area contributed by atoms with Crippen molar-refractivity contribution in [3.63, 3.8) is 0 Å². The molecule has 3 aromatic carbocycles. The fourth-order valence-corrected chi connectivity index (χ4v) is 4.32. The lowest BCUT2D eigenvalue weighted by Crippen LogP contribution is -2.35. The largest absolute Gasteiger partial charge is 0.393 e. The third-order valence-corrected chi connectivity index (χ3v) is 6.43. The van der Waals surface area contributed by atoms with Crippen LogP contribution in [0.15, 0.2) is 79.0 Å². The summed E-state index contributed by atoms with van der Waals surface area (Å²) in [4.78, 5) is 14.6. The molecule has 0 bridgehead atoms. The second-order valence-corrected chi connectivity index (χ2v) is 9.08.